The highest BCUT2D eigenvalue weighted by Gasteiger charge is 2.20. The van der Waals surface area contributed by atoms with E-state index in [1.54, 1.807) is 5.57 Å². The van der Waals surface area contributed by atoms with Crippen LogP contribution in [0.2, 0.25) is 0 Å². The average molecular weight is 355 g/mol. The van der Waals surface area contributed by atoms with Gasteiger partial charge in [-0.3, -0.25) is 0 Å². The van der Waals surface area contributed by atoms with Gasteiger partial charge >= 0.3 is 0 Å². The van der Waals surface area contributed by atoms with E-state index in [1.165, 1.54) is 23.2 Å². The summed E-state index contributed by atoms with van der Waals surface area (Å²) in [4.78, 5) is 0. The molecular weight excluding hydrogens is 316 g/mol. The van der Waals surface area contributed by atoms with E-state index in [-0.39, 0.29) is 0 Å². The second-order valence-electron chi connectivity index (χ2n) is 8.93. The lowest BCUT2D eigenvalue weighted by Crippen LogP contribution is -2.23. The molecule has 0 spiro atoms. The van der Waals surface area contributed by atoms with Crippen LogP contribution in [-0.2, 0) is 0 Å². The minimum Gasteiger partial charge on any atom is -0.398 e. The standard InChI is InChI=1S/C24H38N2/c1-15(2)20-10-21(16(3)4)12-22(11-20)26-14-18(7)19-8-9-24(25)23(13-19)17(5)6/h8-9,11-13,15-18,20,26H,10,14,25H2,1-7H3. The summed E-state index contributed by atoms with van der Waals surface area (Å²) >= 11 is 0. The van der Waals surface area contributed by atoms with Gasteiger partial charge < -0.3 is 11.1 Å². The normalized spacial score (nSPS) is 18.9. The fourth-order valence-electron chi connectivity index (χ4n) is 3.60. The van der Waals surface area contributed by atoms with Gasteiger partial charge in [0.05, 0.1) is 0 Å². The van der Waals surface area contributed by atoms with Crippen LogP contribution < -0.4 is 11.1 Å². The maximum atomic E-state index is 6.14. The van der Waals surface area contributed by atoms with Crippen molar-refractivity contribution in [2.45, 2.75) is 66.7 Å². The van der Waals surface area contributed by atoms with Gasteiger partial charge in [0, 0.05) is 17.9 Å². The largest absolute Gasteiger partial charge is 0.398 e. The lowest BCUT2D eigenvalue weighted by atomic mass is 9.81. The molecule has 1 aromatic carbocycles. The van der Waals surface area contributed by atoms with E-state index >= 15 is 0 Å². The fourth-order valence-corrected chi connectivity index (χ4v) is 3.60. The van der Waals surface area contributed by atoms with Crippen molar-refractivity contribution in [3.05, 3.63) is 52.7 Å². The van der Waals surface area contributed by atoms with Gasteiger partial charge in [0.2, 0.25) is 0 Å². The summed E-state index contributed by atoms with van der Waals surface area (Å²) in [5.41, 5.74) is 12.5. The number of nitrogen functional groups attached to an aromatic ring is 1. The molecule has 26 heavy (non-hydrogen) atoms. The van der Waals surface area contributed by atoms with Gasteiger partial charge in [0.1, 0.15) is 0 Å². The van der Waals surface area contributed by atoms with E-state index in [0.29, 0.717) is 29.6 Å². The molecule has 0 aromatic heterocycles. The number of rotatable bonds is 7. The highest BCUT2D eigenvalue weighted by atomic mass is 14.9. The molecule has 1 aliphatic rings. The van der Waals surface area contributed by atoms with Gasteiger partial charge in [-0.25, -0.2) is 0 Å². The number of nitrogens with two attached hydrogens (primary N) is 1. The van der Waals surface area contributed by atoms with Gasteiger partial charge in [-0.2, -0.15) is 0 Å². The van der Waals surface area contributed by atoms with E-state index < -0.39 is 0 Å². The zero-order valence-electron chi connectivity index (χ0n) is 17.8. The van der Waals surface area contributed by atoms with Crippen LogP contribution in [0, 0.1) is 17.8 Å². The van der Waals surface area contributed by atoms with Gasteiger partial charge in [-0.05, 0) is 59.3 Å². The third-order valence-electron chi connectivity index (χ3n) is 5.72. The van der Waals surface area contributed by atoms with Crippen molar-refractivity contribution >= 4 is 5.69 Å². The molecule has 0 radical (unpaired) electrons. The van der Waals surface area contributed by atoms with Crippen LogP contribution in [0.15, 0.2) is 41.6 Å². The summed E-state index contributed by atoms with van der Waals surface area (Å²) in [5.74, 6) is 2.84. The van der Waals surface area contributed by atoms with Crippen molar-refractivity contribution < 1.29 is 0 Å². The van der Waals surface area contributed by atoms with Gasteiger partial charge in [0.15, 0.2) is 0 Å². The average Bonchev–Trinajstić information content (AvgIpc) is 2.59. The maximum Gasteiger partial charge on any atom is 0.0349 e. The highest BCUT2D eigenvalue weighted by molar-refractivity contribution is 5.50. The summed E-state index contributed by atoms with van der Waals surface area (Å²) in [7, 11) is 0. The van der Waals surface area contributed by atoms with Crippen LogP contribution in [0.25, 0.3) is 0 Å². The first-order valence-corrected chi connectivity index (χ1v) is 10.2. The summed E-state index contributed by atoms with van der Waals surface area (Å²) in [6, 6.07) is 6.52. The Labute approximate surface area is 161 Å². The van der Waals surface area contributed by atoms with Gasteiger partial charge in [-0.15, -0.1) is 0 Å². The van der Waals surface area contributed by atoms with Crippen LogP contribution in [0.5, 0.6) is 0 Å². The molecule has 2 rings (SSSR count). The molecule has 0 bridgehead atoms. The van der Waals surface area contributed by atoms with Crippen molar-refractivity contribution in [1.29, 1.82) is 0 Å². The molecule has 1 aliphatic carbocycles. The van der Waals surface area contributed by atoms with Crippen LogP contribution >= 0.6 is 0 Å². The van der Waals surface area contributed by atoms with Crippen LogP contribution in [0.3, 0.4) is 0 Å². The zero-order chi connectivity index (χ0) is 19.4. The molecular formula is C24H38N2. The number of anilines is 1. The Morgan fingerprint density at radius 1 is 1.04 bits per heavy atom. The summed E-state index contributed by atoms with van der Waals surface area (Å²) in [6.07, 6.45) is 6.01. The Bertz CT molecular complexity index is 665. The molecule has 144 valence electrons. The molecule has 2 heteroatoms. The summed E-state index contributed by atoms with van der Waals surface area (Å²) < 4.78 is 0. The predicted molar refractivity (Wildman–Crippen MR) is 115 cm³/mol. The zero-order valence-corrected chi connectivity index (χ0v) is 17.8. The number of allylic oxidation sites excluding steroid dienone is 3. The molecule has 2 atom stereocenters. The number of hydrogen-bond donors (Lipinski definition) is 2. The quantitative estimate of drug-likeness (QED) is 0.570. The minimum atomic E-state index is 0.448. The van der Waals surface area contributed by atoms with Crippen molar-refractivity contribution in [3.8, 4) is 0 Å². The Morgan fingerprint density at radius 3 is 2.31 bits per heavy atom. The molecule has 2 nitrogen and oxygen atoms in total. The Hall–Kier alpha value is -1.70. The van der Waals surface area contributed by atoms with E-state index in [1.807, 2.05) is 0 Å². The van der Waals surface area contributed by atoms with Crippen LogP contribution in [0.1, 0.15) is 77.8 Å². The molecule has 2 unspecified atom stereocenters. The smallest absolute Gasteiger partial charge is 0.0349 e. The highest BCUT2D eigenvalue weighted by Crippen LogP contribution is 2.32. The van der Waals surface area contributed by atoms with E-state index in [2.05, 4.69) is 84.1 Å². The Balaban J connectivity index is 2.10. The second kappa shape index (κ2) is 8.79. The Kier molecular flexibility index (Phi) is 6.97. The molecule has 0 saturated carbocycles. The first kappa shape index (κ1) is 20.6. The first-order chi connectivity index (χ1) is 12.2. The molecule has 0 fully saturated rings. The lowest BCUT2D eigenvalue weighted by Gasteiger charge is -2.28. The van der Waals surface area contributed by atoms with E-state index in [0.717, 1.165) is 12.2 Å². The number of benzene rings is 1. The predicted octanol–water partition coefficient (Wildman–Crippen LogP) is 6.23. The summed E-state index contributed by atoms with van der Waals surface area (Å²) in [6.45, 7) is 16.9. The van der Waals surface area contributed by atoms with Crippen molar-refractivity contribution in [2.75, 3.05) is 12.3 Å². The maximum absolute atomic E-state index is 6.14. The topological polar surface area (TPSA) is 38.0 Å². The molecule has 1 aromatic rings. The third-order valence-corrected chi connectivity index (χ3v) is 5.72. The number of nitrogens with one attached hydrogen (secondary N) is 1. The minimum absolute atomic E-state index is 0.448. The molecule has 0 saturated heterocycles. The lowest BCUT2D eigenvalue weighted by molar-refractivity contribution is 0.437. The van der Waals surface area contributed by atoms with Crippen molar-refractivity contribution in [3.63, 3.8) is 0 Å². The second-order valence-corrected chi connectivity index (χ2v) is 8.93. The Morgan fingerprint density at radius 2 is 1.73 bits per heavy atom. The SMILES string of the molecule is CC(C)C1=CC(NCC(C)c2ccc(N)c(C(C)C)c2)=CC(C(C)C)C1. The fraction of sp³-hybridized carbons (Fsp3) is 0.583. The molecule has 3 N–H and O–H groups in total. The third kappa shape index (κ3) is 5.16. The van der Waals surface area contributed by atoms with Gasteiger partial charge in [-0.1, -0.05) is 72.2 Å². The monoisotopic (exact) mass is 354 g/mol. The molecule has 0 heterocycles. The van der Waals surface area contributed by atoms with Crippen molar-refractivity contribution in [2.24, 2.45) is 17.8 Å². The first-order valence-electron chi connectivity index (χ1n) is 10.2. The molecule has 0 amide bonds. The molecule has 0 aliphatic heterocycles. The summed E-state index contributed by atoms with van der Waals surface area (Å²) in [5, 5.41) is 3.71. The van der Waals surface area contributed by atoms with Crippen LogP contribution in [0.4, 0.5) is 5.69 Å². The van der Waals surface area contributed by atoms with E-state index in [4.69, 9.17) is 5.73 Å². The van der Waals surface area contributed by atoms with Gasteiger partial charge in [0.25, 0.3) is 0 Å². The van der Waals surface area contributed by atoms with Crippen molar-refractivity contribution in [1.82, 2.24) is 5.32 Å². The van der Waals surface area contributed by atoms with Crippen LogP contribution in [-0.4, -0.2) is 6.54 Å². The number of hydrogen-bond acceptors (Lipinski definition) is 2. The van der Waals surface area contributed by atoms with E-state index in [9.17, 15) is 0 Å².